The highest BCUT2D eigenvalue weighted by Gasteiger charge is 2.51. The summed E-state index contributed by atoms with van der Waals surface area (Å²) in [6.45, 7) is 3.74. The highest BCUT2D eigenvalue weighted by molar-refractivity contribution is 7.47. The number of rotatable bonds is 40. The second-order valence-electron chi connectivity index (χ2n) is 17.5. The van der Waals surface area contributed by atoms with Crippen molar-refractivity contribution in [1.82, 2.24) is 5.32 Å². The van der Waals surface area contributed by atoms with Gasteiger partial charge in [0.15, 0.2) is 0 Å². The Kier molecular flexibility index (Phi) is 34.6. The number of aliphatic hydroxyl groups is 7. The summed E-state index contributed by atoms with van der Waals surface area (Å²) in [5, 5.41) is 74.5. The first kappa shape index (κ1) is 57.1. The number of unbranched alkanes of at least 4 members (excludes halogenated alkanes) is 25. The summed E-state index contributed by atoms with van der Waals surface area (Å²) in [6, 6.07) is -1.16. The lowest BCUT2D eigenvalue weighted by atomic mass is 9.85. The number of hydrogen-bond donors (Lipinski definition) is 9. The molecule has 13 nitrogen and oxygen atoms in total. The van der Waals surface area contributed by atoms with Gasteiger partial charge in [0.25, 0.3) is 0 Å². The molecule has 0 aromatic heterocycles. The minimum Gasteiger partial charge on any atom is -0.393 e. The lowest BCUT2D eigenvalue weighted by Crippen LogP contribution is -2.64. The van der Waals surface area contributed by atoms with Crippen molar-refractivity contribution < 1.29 is 59.0 Å². The van der Waals surface area contributed by atoms with E-state index in [0.717, 1.165) is 57.8 Å². The highest BCUT2D eigenvalue weighted by atomic mass is 31.2. The zero-order valence-corrected chi connectivity index (χ0v) is 38.5. The maximum atomic E-state index is 13.0. The highest BCUT2D eigenvalue weighted by Crippen LogP contribution is 2.47. The molecule has 0 radical (unpaired) electrons. The number of carbonyl (C=O) groups excluding carboxylic acids is 1. The van der Waals surface area contributed by atoms with Gasteiger partial charge >= 0.3 is 7.82 Å². The Morgan fingerprint density at radius 2 is 0.950 bits per heavy atom. The third-order valence-electron chi connectivity index (χ3n) is 11.9. The molecule has 0 bridgehead atoms. The first-order chi connectivity index (χ1) is 28.8. The Labute approximate surface area is 363 Å². The van der Waals surface area contributed by atoms with Crippen molar-refractivity contribution >= 4 is 13.7 Å². The van der Waals surface area contributed by atoms with E-state index >= 15 is 0 Å². The topological polar surface area (TPSA) is 226 Å². The van der Waals surface area contributed by atoms with Crippen LogP contribution in [-0.4, -0.2) is 108 Å². The van der Waals surface area contributed by atoms with E-state index in [9.17, 15) is 50.0 Å². The maximum Gasteiger partial charge on any atom is 0.472 e. The van der Waals surface area contributed by atoms with Crippen LogP contribution in [0.3, 0.4) is 0 Å². The predicted octanol–water partition coefficient (Wildman–Crippen LogP) is 8.20. The van der Waals surface area contributed by atoms with Crippen LogP contribution in [0.1, 0.15) is 213 Å². The molecule has 1 saturated carbocycles. The van der Waals surface area contributed by atoms with Crippen LogP contribution >= 0.6 is 7.82 Å². The van der Waals surface area contributed by atoms with Crippen LogP contribution < -0.4 is 5.32 Å². The van der Waals surface area contributed by atoms with Crippen LogP contribution in [0.4, 0.5) is 0 Å². The quantitative estimate of drug-likeness (QED) is 0.0161. The van der Waals surface area contributed by atoms with Gasteiger partial charge in [-0.1, -0.05) is 187 Å². The molecule has 8 atom stereocenters. The number of phosphoric acid groups is 1. The van der Waals surface area contributed by atoms with Crippen LogP contribution in [0.2, 0.25) is 0 Å². The molecule has 1 aliphatic carbocycles. The molecule has 9 N–H and O–H groups in total. The zero-order chi connectivity index (χ0) is 44.4. The van der Waals surface area contributed by atoms with Gasteiger partial charge in [0.1, 0.15) is 36.6 Å². The first-order valence-corrected chi connectivity index (χ1v) is 25.7. The molecule has 8 unspecified atom stereocenters. The lowest BCUT2D eigenvalue weighted by Gasteiger charge is -2.41. The SMILES string of the molecule is CCCC/C=C\CCCCCC(O)CC(=O)NC(COP(=O)(O)OC1C(O)C(O)C(O)C(O)C1O)C(O)CCCCCCCCCCCCCCCCCCCCCCC. The summed E-state index contributed by atoms with van der Waals surface area (Å²) in [5.41, 5.74) is 0. The van der Waals surface area contributed by atoms with Crippen LogP contribution in [0.5, 0.6) is 0 Å². The lowest BCUT2D eigenvalue weighted by molar-refractivity contribution is -0.220. The molecule has 1 fully saturated rings. The van der Waals surface area contributed by atoms with E-state index in [2.05, 4.69) is 31.3 Å². The summed E-state index contributed by atoms with van der Waals surface area (Å²) in [6.07, 6.45) is 24.2. The van der Waals surface area contributed by atoms with Gasteiger partial charge in [-0.15, -0.1) is 0 Å². The van der Waals surface area contributed by atoms with Crippen molar-refractivity contribution in [2.45, 2.75) is 268 Å². The Bertz CT molecular complexity index is 1090. The third kappa shape index (κ3) is 28.0. The molecule has 0 aromatic carbocycles. The second kappa shape index (κ2) is 36.4. The van der Waals surface area contributed by atoms with Crippen molar-refractivity contribution in [3.05, 3.63) is 12.2 Å². The molecular weight excluding hydrogens is 789 g/mol. The molecule has 356 valence electrons. The Morgan fingerprint density at radius 1 is 0.567 bits per heavy atom. The average molecular weight is 880 g/mol. The number of nitrogens with one attached hydrogen (secondary N) is 1. The van der Waals surface area contributed by atoms with E-state index in [4.69, 9.17) is 9.05 Å². The van der Waals surface area contributed by atoms with E-state index in [1.165, 1.54) is 116 Å². The van der Waals surface area contributed by atoms with E-state index in [1.807, 2.05) is 0 Å². The van der Waals surface area contributed by atoms with Crippen LogP contribution in [-0.2, 0) is 18.4 Å². The van der Waals surface area contributed by atoms with E-state index in [-0.39, 0.29) is 12.8 Å². The predicted molar refractivity (Wildman–Crippen MR) is 238 cm³/mol. The van der Waals surface area contributed by atoms with Crippen LogP contribution in [0.15, 0.2) is 12.2 Å². The molecular formula is C46H90NO12P. The molecule has 1 rings (SSSR count). The fraction of sp³-hybridized carbons (Fsp3) is 0.935. The third-order valence-corrected chi connectivity index (χ3v) is 12.9. The number of amides is 1. The van der Waals surface area contributed by atoms with E-state index in [1.54, 1.807) is 0 Å². The molecule has 0 aromatic rings. The Balaban J connectivity index is 2.45. The number of hydrogen-bond acceptors (Lipinski definition) is 11. The zero-order valence-electron chi connectivity index (χ0n) is 37.6. The van der Waals surface area contributed by atoms with E-state index < -0.39 is 75.2 Å². The maximum absolute atomic E-state index is 13.0. The van der Waals surface area contributed by atoms with Gasteiger partial charge in [-0.05, 0) is 32.1 Å². The van der Waals surface area contributed by atoms with Gasteiger partial charge in [0.05, 0.1) is 31.3 Å². The van der Waals surface area contributed by atoms with Gasteiger partial charge < -0.3 is 46.0 Å². The monoisotopic (exact) mass is 880 g/mol. The largest absolute Gasteiger partial charge is 0.472 e. The molecule has 14 heteroatoms. The van der Waals surface area contributed by atoms with Gasteiger partial charge in [-0.2, -0.15) is 0 Å². The number of carbonyl (C=O) groups is 1. The van der Waals surface area contributed by atoms with Crippen molar-refractivity contribution in [2.75, 3.05) is 6.61 Å². The van der Waals surface area contributed by atoms with Crippen molar-refractivity contribution in [3.63, 3.8) is 0 Å². The van der Waals surface area contributed by atoms with E-state index in [0.29, 0.717) is 12.8 Å². The summed E-state index contributed by atoms with van der Waals surface area (Å²) < 4.78 is 22.9. The number of aliphatic hydroxyl groups excluding tert-OH is 7. The molecule has 0 saturated heterocycles. The molecule has 1 aliphatic rings. The summed E-state index contributed by atoms with van der Waals surface area (Å²) in [7, 11) is -5.12. The molecule has 0 heterocycles. The second-order valence-corrected chi connectivity index (χ2v) is 18.9. The summed E-state index contributed by atoms with van der Waals surface area (Å²) in [4.78, 5) is 23.4. The minimum atomic E-state index is -5.12. The minimum absolute atomic E-state index is 0.231. The van der Waals surface area contributed by atoms with Gasteiger partial charge in [0, 0.05) is 0 Å². The smallest absolute Gasteiger partial charge is 0.393 e. The Morgan fingerprint density at radius 3 is 1.42 bits per heavy atom. The number of phosphoric ester groups is 1. The first-order valence-electron chi connectivity index (χ1n) is 24.2. The Hall–Kier alpha value is -0.960. The summed E-state index contributed by atoms with van der Waals surface area (Å²) in [5.74, 6) is -0.570. The fourth-order valence-electron chi connectivity index (χ4n) is 7.87. The molecule has 1 amide bonds. The molecule has 60 heavy (non-hydrogen) atoms. The van der Waals surface area contributed by atoms with Crippen molar-refractivity contribution in [1.29, 1.82) is 0 Å². The molecule has 0 aliphatic heterocycles. The van der Waals surface area contributed by atoms with Gasteiger partial charge in [0.2, 0.25) is 5.91 Å². The van der Waals surface area contributed by atoms with Crippen molar-refractivity contribution in [3.8, 4) is 0 Å². The van der Waals surface area contributed by atoms with Crippen LogP contribution in [0, 0.1) is 0 Å². The van der Waals surface area contributed by atoms with Gasteiger partial charge in [-0.3, -0.25) is 13.8 Å². The van der Waals surface area contributed by atoms with Crippen LogP contribution in [0.25, 0.3) is 0 Å². The standard InChI is InChI=1S/C46H90NO12P/c1-3-5-7-9-11-13-14-15-16-17-18-19-20-21-22-23-24-26-28-30-32-34-39(49)38(47-40(50)35-37(48)33-31-29-27-25-12-10-8-6-4-2)36-58-60(56,57)59-46-44(54)42(52)41(51)43(53)45(46)55/h10,12,37-39,41-46,48-49,51-55H,3-9,11,13-36H2,1-2H3,(H,47,50)(H,56,57)/b12-10-. The molecule has 0 spiro atoms. The normalized spacial score (nSPS) is 23.4. The van der Waals surface area contributed by atoms with Gasteiger partial charge in [-0.25, -0.2) is 4.57 Å². The fourth-order valence-corrected chi connectivity index (χ4v) is 8.84. The average Bonchev–Trinajstić information content (AvgIpc) is 3.22. The summed E-state index contributed by atoms with van der Waals surface area (Å²) >= 11 is 0. The number of allylic oxidation sites excluding steroid dienone is 2. The van der Waals surface area contributed by atoms with Crippen molar-refractivity contribution in [2.24, 2.45) is 0 Å².